The number of urea groups is 1. The van der Waals surface area contributed by atoms with Crippen molar-refractivity contribution in [1.82, 2.24) is 20.8 Å². The Hall–Kier alpha value is -1.35. The Kier molecular flexibility index (Phi) is 7.31. The number of hydrogen-bond donors (Lipinski definition) is 3. The van der Waals surface area contributed by atoms with Crippen LogP contribution in [0.3, 0.4) is 0 Å². The molecular formula is C11H19N5O2S2. The molecule has 20 heavy (non-hydrogen) atoms. The second-order valence-corrected chi connectivity index (χ2v) is 6.54. The molecule has 0 aliphatic carbocycles. The van der Waals surface area contributed by atoms with E-state index in [0.717, 1.165) is 11.7 Å². The predicted octanol–water partition coefficient (Wildman–Crippen LogP) is 1.54. The van der Waals surface area contributed by atoms with Crippen LogP contribution in [-0.4, -0.2) is 41.0 Å². The smallest absolute Gasteiger partial charge is 0.321 e. The number of nitrogens with zero attached hydrogens (tertiary/aromatic N) is 2. The molecule has 1 aromatic rings. The Morgan fingerprint density at radius 1 is 1.35 bits per heavy atom. The molecule has 1 heterocycles. The normalized spacial score (nSPS) is 10.4. The highest BCUT2D eigenvalue weighted by Crippen LogP contribution is 2.24. The van der Waals surface area contributed by atoms with Gasteiger partial charge in [0, 0.05) is 13.1 Å². The Bertz CT molecular complexity index is 450. The molecule has 0 saturated carbocycles. The van der Waals surface area contributed by atoms with Gasteiger partial charge in [0.15, 0.2) is 4.34 Å². The maximum Gasteiger partial charge on any atom is 0.321 e. The van der Waals surface area contributed by atoms with Gasteiger partial charge in [-0.15, -0.1) is 10.2 Å². The summed E-state index contributed by atoms with van der Waals surface area (Å²) in [5, 5.41) is 16.5. The standard InChI is InChI=1S/C11H19N5O2S2/c1-4-12-10-15-16-11(20-10)19-6-8(17)14-9(18)13-5-7(2)3/h7H,4-6H2,1-3H3,(H,12,15)(H2,13,14,17,18). The molecule has 0 radical (unpaired) electrons. The number of aromatic nitrogens is 2. The zero-order valence-electron chi connectivity index (χ0n) is 11.7. The molecule has 112 valence electrons. The van der Waals surface area contributed by atoms with Gasteiger partial charge in [0.25, 0.3) is 0 Å². The van der Waals surface area contributed by atoms with E-state index in [0.29, 0.717) is 16.8 Å². The van der Waals surface area contributed by atoms with Gasteiger partial charge in [-0.05, 0) is 12.8 Å². The summed E-state index contributed by atoms with van der Waals surface area (Å²) in [5.74, 6) is 0.128. The number of rotatable bonds is 7. The van der Waals surface area contributed by atoms with Crippen LogP contribution in [0.15, 0.2) is 4.34 Å². The minimum absolute atomic E-state index is 0.135. The highest BCUT2D eigenvalue weighted by atomic mass is 32.2. The van der Waals surface area contributed by atoms with Crippen molar-refractivity contribution in [3.05, 3.63) is 0 Å². The molecule has 0 fully saturated rings. The second kappa shape index (κ2) is 8.75. The lowest BCUT2D eigenvalue weighted by molar-refractivity contribution is -0.117. The summed E-state index contributed by atoms with van der Waals surface area (Å²) in [6.07, 6.45) is 0. The van der Waals surface area contributed by atoms with E-state index in [4.69, 9.17) is 0 Å². The van der Waals surface area contributed by atoms with Crippen molar-refractivity contribution in [3.8, 4) is 0 Å². The fourth-order valence-corrected chi connectivity index (χ4v) is 2.74. The third-order valence-corrected chi connectivity index (χ3v) is 4.00. The van der Waals surface area contributed by atoms with Crippen LogP contribution in [0.4, 0.5) is 9.93 Å². The van der Waals surface area contributed by atoms with Crippen LogP contribution >= 0.6 is 23.1 Å². The highest BCUT2D eigenvalue weighted by Gasteiger charge is 2.10. The lowest BCUT2D eigenvalue weighted by atomic mass is 10.2. The van der Waals surface area contributed by atoms with Gasteiger partial charge in [-0.1, -0.05) is 36.9 Å². The Labute approximate surface area is 126 Å². The Balaban J connectivity index is 2.26. The van der Waals surface area contributed by atoms with Crippen molar-refractivity contribution >= 4 is 40.2 Å². The van der Waals surface area contributed by atoms with Crippen molar-refractivity contribution in [2.45, 2.75) is 25.1 Å². The van der Waals surface area contributed by atoms with E-state index < -0.39 is 6.03 Å². The SMILES string of the molecule is CCNc1nnc(SCC(=O)NC(=O)NCC(C)C)s1. The number of thioether (sulfide) groups is 1. The predicted molar refractivity (Wildman–Crippen MR) is 81.2 cm³/mol. The number of carbonyl (C=O) groups is 2. The van der Waals surface area contributed by atoms with Crippen LogP contribution < -0.4 is 16.0 Å². The maximum atomic E-state index is 11.6. The van der Waals surface area contributed by atoms with Gasteiger partial charge in [0.1, 0.15) is 0 Å². The molecule has 0 aliphatic heterocycles. The van der Waals surface area contributed by atoms with E-state index >= 15 is 0 Å². The number of nitrogens with one attached hydrogen (secondary N) is 3. The fourth-order valence-electron chi connectivity index (χ4n) is 1.12. The largest absolute Gasteiger partial charge is 0.360 e. The molecule has 9 heteroatoms. The van der Waals surface area contributed by atoms with Crippen molar-refractivity contribution in [1.29, 1.82) is 0 Å². The second-order valence-electron chi connectivity index (χ2n) is 4.34. The molecule has 1 aromatic heterocycles. The first kappa shape index (κ1) is 16.7. The Morgan fingerprint density at radius 2 is 2.10 bits per heavy atom. The van der Waals surface area contributed by atoms with Crippen LogP contribution in [0.25, 0.3) is 0 Å². The number of amides is 3. The van der Waals surface area contributed by atoms with Gasteiger partial charge in [-0.25, -0.2) is 4.79 Å². The lowest BCUT2D eigenvalue weighted by Crippen LogP contribution is -2.41. The van der Waals surface area contributed by atoms with Gasteiger partial charge in [-0.3, -0.25) is 10.1 Å². The van der Waals surface area contributed by atoms with E-state index in [-0.39, 0.29) is 11.7 Å². The molecule has 7 nitrogen and oxygen atoms in total. The molecule has 3 N–H and O–H groups in total. The van der Waals surface area contributed by atoms with Crippen molar-refractivity contribution in [2.24, 2.45) is 5.92 Å². The van der Waals surface area contributed by atoms with Gasteiger partial charge in [0.2, 0.25) is 11.0 Å². The zero-order valence-corrected chi connectivity index (χ0v) is 13.4. The average molecular weight is 317 g/mol. The van der Waals surface area contributed by atoms with E-state index in [1.165, 1.54) is 23.1 Å². The summed E-state index contributed by atoms with van der Waals surface area (Å²) in [4.78, 5) is 22.9. The van der Waals surface area contributed by atoms with Gasteiger partial charge in [0.05, 0.1) is 5.75 Å². The minimum Gasteiger partial charge on any atom is -0.360 e. The van der Waals surface area contributed by atoms with Crippen LogP contribution in [0, 0.1) is 5.92 Å². The van der Waals surface area contributed by atoms with Gasteiger partial charge >= 0.3 is 6.03 Å². The van der Waals surface area contributed by atoms with Crippen LogP contribution in [0.5, 0.6) is 0 Å². The van der Waals surface area contributed by atoms with Gasteiger partial charge in [-0.2, -0.15) is 0 Å². The molecule has 0 saturated heterocycles. The van der Waals surface area contributed by atoms with Gasteiger partial charge < -0.3 is 10.6 Å². The molecule has 0 aliphatic rings. The molecule has 0 unspecified atom stereocenters. The first-order valence-corrected chi connectivity index (χ1v) is 8.09. The average Bonchev–Trinajstić information content (AvgIpc) is 2.82. The number of imide groups is 1. The molecule has 1 rings (SSSR count). The summed E-state index contributed by atoms with van der Waals surface area (Å²) >= 11 is 2.64. The summed E-state index contributed by atoms with van der Waals surface area (Å²) in [6.45, 7) is 7.24. The first-order chi connectivity index (χ1) is 9.51. The quantitative estimate of drug-likeness (QED) is 0.660. The maximum absolute atomic E-state index is 11.6. The highest BCUT2D eigenvalue weighted by molar-refractivity contribution is 8.01. The van der Waals surface area contributed by atoms with E-state index in [1.54, 1.807) is 0 Å². The van der Waals surface area contributed by atoms with E-state index in [1.807, 2.05) is 20.8 Å². The Morgan fingerprint density at radius 3 is 2.75 bits per heavy atom. The summed E-state index contributed by atoms with van der Waals surface area (Å²) in [6, 6.07) is -0.463. The first-order valence-electron chi connectivity index (χ1n) is 6.29. The minimum atomic E-state index is -0.463. The summed E-state index contributed by atoms with van der Waals surface area (Å²) < 4.78 is 0.693. The molecule has 3 amide bonds. The lowest BCUT2D eigenvalue weighted by Gasteiger charge is -2.07. The molecule has 0 aromatic carbocycles. The fraction of sp³-hybridized carbons (Fsp3) is 0.636. The number of hydrogen-bond acceptors (Lipinski definition) is 7. The van der Waals surface area contributed by atoms with Crippen LogP contribution in [-0.2, 0) is 4.79 Å². The topological polar surface area (TPSA) is 96.0 Å². The molecule has 0 atom stereocenters. The molecule has 0 bridgehead atoms. The van der Waals surface area contributed by atoms with Crippen LogP contribution in [0.1, 0.15) is 20.8 Å². The third kappa shape index (κ3) is 6.71. The van der Waals surface area contributed by atoms with Crippen molar-refractivity contribution in [3.63, 3.8) is 0 Å². The molecule has 0 spiro atoms. The summed E-state index contributed by atoms with van der Waals surface area (Å²) in [7, 11) is 0. The summed E-state index contributed by atoms with van der Waals surface area (Å²) in [5.41, 5.74) is 0. The monoisotopic (exact) mass is 317 g/mol. The number of anilines is 1. The van der Waals surface area contributed by atoms with E-state index in [9.17, 15) is 9.59 Å². The zero-order chi connectivity index (χ0) is 15.0. The molecular weight excluding hydrogens is 298 g/mol. The number of carbonyl (C=O) groups excluding carboxylic acids is 2. The third-order valence-electron chi connectivity index (χ3n) is 1.99. The van der Waals surface area contributed by atoms with Crippen molar-refractivity contribution < 1.29 is 9.59 Å². The van der Waals surface area contributed by atoms with Crippen LogP contribution in [0.2, 0.25) is 0 Å². The van der Waals surface area contributed by atoms with E-state index in [2.05, 4.69) is 26.1 Å². The van der Waals surface area contributed by atoms with Crippen molar-refractivity contribution in [2.75, 3.05) is 24.2 Å².